The van der Waals surface area contributed by atoms with Crippen molar-refractivity contribution in [2.75, 3.05) is 30.7 Å². The predicted molar refractivity (Wildman–Crippen MR) is 125 cm³/mol. The zero-order chi connectivity index (χ0) is 25.2. The summed E-state index contributed by atoms with van der Waals surface area (Å²) in [6.07, 6.45) is 0. The maximum Gasteiger partial charge on any atom is 0.338 e. The zero-order valence-corrected chi connectivity index (χ0v) is 19.6. The Balaban J connectivity index is 1.45. The van der Waals surface area contributed by atoms with Gasteiger partial charge in [0.1, 0.15) is 17.5 Å². The molecule has 3 aromatic carbocycles. The lowest BCUT2D eigenvalue weighted by atomic mass is 9.91. The summed E-state index contributed by atoms with van der Waals surface area (Å²) in [6.45, 7) is 0.855. The number of ether oxygens (including phenoxy) is 1. The highest BCUT2D eigenvalue weighted by Crippen LogP contribution is 2.35. The highest BCUT2D eigenvalue weighted by molar-refractivity contribution is 7.92. The Morgan fingerprint density at radius 1 is 0.943 bits per heavy atom. The first-order valence-electron chi connectivity index (χ1n) is 10.8. The second-order valence-electron chi connectivity index (χ2n) is 8.43. The van der Waals surface area contributed by atoms with Gasteiger partial charge in [0.25, 0.3) is 0 Å². The minimum Gasteiger partial charge on any atom is -0.465 e. The summed E-state index contributed by atoms with van der Waals surface area (Å²) in [7, 11) is -2.70. The van der Waals surface area contributed by atoms with Crippen LogP contribution >= 0.6 is 0 Å². The number of hydrogen-bond donors (Lipinski definition) is 1. The molecule has 0 bridgehead atoms. The summed E-state index contributed by atoms with van der Waals surface area (Å²) in [4.78, 5) is 13.7. The standard InChI is InChI=1S/C25H23F3N2O4S/c1-34-25(31)19-10-22(28)12-23(11-19)29-35(32,33)15-16-13-30(14-16)24(17-2-6-20(26)7-3-17)18-4-8-21(27)9-5-18/h2-12,16,24,29H,13-15H2,1H3. The molecule has 0 aliphatic carbocycles. The molecule has 0 spiro atoms. The number of anilines is 1. The molecule has 0 amide bonds. The van der Waals surface area contributed by atoms with E-state index in [0.717, 1.165) is 30.4 Å². The molecule has 1 N–H and O–H groups in total. The Kier molecular flexibility index (Phi) is 7.13. The van der Waals surface area contributed by atoms with Crippen molar-refractivity contribution in [3.63, 3.8) is 0 Å². The topological polar surface area (TPSA) is 75.7 Å². The maximum absolute atomic E-state index is 13.9. The molecule has 184 valence electrons. The first kappa shape index (κ1) is 24.7. The van der Waals surface area contributed by atoms with E-state index in [9.17, 15) is 26.4 Å². The lowest BCUT2D eigenvalue weighted by Gasteiger charge is -2.44. The van der Waals surface area contributed by atoms with Gasteiger partial charge in [0.05, 0.1) is 30.2 Å². The third kappa shape index (κ3) is 6.01. The minimum absolute atomic E-state index is 0.0721. The van der Waals surface area contributed by atoms with E-state index in [1.165, 1.54) is 30.3 Å². The number of carbonyl (C=O) groups excluding carboxylic acids is 1. The fourth-order valence-corrected chi connectivity index (χ4v) is 5.64. The van der Waals surface area contributed by atoms with Gasteiger partial charge in [-0.3, -0.25) is 9.62 Å². The van der Waals surface area contributed by atoms with Crippen molar-refractivity contribution in [1.29, 1.82) is 0 Å². The molecule has 35 heavy (non-hydrogen) atoms. The van der Waals surface area contributed by atoms with E-state index in [-0.39, 0.29) is 40.6 Å². The van der Waals surface area contributed by atoms with Crippen LogP contribution in [0.2, 0.25) is 0 Å². The number of nitrogens with zero attached hydrogens (tertiary/aromatic N) is 1. The molecular formula is C25H23F3N2O4S. The largest absolute Gasteiger partial charge is 0.465 e. The molecule has 1 heterocycles. The Hall–Kier alpha value is -3.37. The molecule has 1 aliphatic rings. The van der Waals surface area contributed by atoms with E-state index in [1.54, 1.807) is 24.3 Å². The summed E-state index contributed by atoms with van der Waals surface area (Å²) in [5.41, 5.74) is 1.42. The van der Waals surface area contributed by atoms with Gasteiger partial charge in [0.15, 0.2) is 0 Å². The Labute approximate surface area is 201 Å². The average Bonchev–Trinajstić information content (AvgIpc) is 2.78. The lowest BCUT2D eigenvalue weighted by Crippen LogP contribution is -2.51. The number of rotatable bonds is 8. The van der Waals surface area contributed by atoms with Gasteiger partial charge in [-0.1, -0.05) is 24.3 Å². The molecule has 3 aromatic rings. The van der Waals surface area contributed by atoms with Crippen molar-refractivity contribution in [2.45, 2.75) is 6.04 Å². The first-order valence-corrected chi connectivity index (χ1v) is 12.4. The molecule has 4 rings (SSSR count). The second-order valence-corrected chi connectivity index (χ2v) is 10.2. The van der Waals surface area contributed by atoms with Crippen LogP contribution in [0, 0.1) is 23.4 Å². The Bertz CT molecular complexity index is 1260. The summed E-state index contributed by atoms with van der Waals surface area (Å²) in [6, 6.07) is 14.8. The van der Waals surface area contributed by atoms with Crippen LogP contribution in [0.15, 0.2) is 66.7 Å². The smallest absolute Gasteiger partial charge is 0.338 e. The average molecular weight is 505 g/mol. The zero-order valence-electron chi connectivity index (χ0n) is 18.7. The van der Waals surface area contributed by atoms with Crippen molar-refractivity contribution in [3.8, 4) is 0 Å². The van der Waals surface area contributed by atoms with Crippen molar-refractivity contribution < 1.29 is 31.1 Å². The van der Waals surface area contributed by atoms with Crippen LogP contribution in [0.25, 0.3) is 0 Å². The van der Waals surface area contributed by atoms with E-state index in [1.807, 2.05) is 4.90 Å². The molecule has 6 nitrogen and oxygen atoms in total. The molecule has 1 fully saturated rings. The lowest BCUT2D eigenvalue weighted by molar-refractivity contribution is 0.0600. The number of sulfonamides is 1. The SMILES string of the molecule is COC(=O)c1cc(F)cc(NS(=O)(=O)CC2CN(C(c3ccc(F)cc3)c3ccc(F)cc3)C2)c1. The number of halogens is 3. The van der Waals surface area contributed by atoms with E-state index in [2.05, 4.69) is 9.46 Å². The Morgan fingerprint density at radius 3 is 2.00 bits per heavy atom. The highest BCUT2D eigenvalue weighted by Gasteiger charge is 2.36. The van der Waals surface area contributed by atoms with Gasteiger partial charge >= 0.3 is 5.97 Å². The van der Waals surface area contributed by atoms with Gasteiger partial charge in [0, 0.05) is 19.0 Å². The molecule has 10 heteroatoms. The first-order chi connectivity index (χ1) is 16.6. The molecule has 1 saturated heterocycles. The van der Waals surface area contributed by atoms with E-state index >= 15 is 0 Å². The molecule has 0 unspecified atom stereocenters. The fraction of sp³-hybridized carbons (Fsp3) is 0.240. The van der Waals surface area contributed by atoms with Gasteiger partial charge < -0.3 is 4.74 Å². The van der Waals surface area contributed by atoms with Gasteiger partial charge in [-0.15, -0.1) is 0 Å². The molecule has 0 saturated carbocycles. The van der Waals surface area contributed by atoms with Crippen LogP contribution in [-0.4, -0.2) is 45.2 Å². The van der Waals surface area contributed by atoms with E-state index in [4.69, 9.17) is 0 Å². The quantitative estimate of drug-likeness (QED) is 0.462. The summed E-state index contributed by atoms with van der Waals surface area (Å²) in [5, 5.41) is 0. The van der Waals surface area contributed by atoms with Gasteiger partial charge in [-0.05, 0) is 53.6 Å². The third-order valence-electron chi connectivity index (χ3n) is 5.77. The Morgan fingerprint density at radius 2 is 1.49 bits per heavy atom. The van der Waals surface area contributed by atoms with E-state index in [0.29, 0.717) is 13.1 Å². The van der Waals surface area contributed by atoms with Crippen LogP contribution < -0.4 is 4.72 Å². The maximum atomic E-state index is 13.9. The number of carbonyl (C=O) groups is 1. The molecule has 0 radical (unpaired) electrons. The van der Waals surface area contributed by atoms with Crippen molar-refractivity contribution in [2.24, 2.45) is 5.92 Å². The molecular weight excluding hydrogens is 481 g/mol. The van der Waals surface area contributed by atoms with Crippen LogP contribution in [0.1, 0.15) is 27.5 Å². The predicted octanol–water partition coefficient (Wildman–Crippen LogP) is 4.35. The van der Waals surface area contributed by atoms with Crippen LogP contribution in [-0.2, 0) is 14.8 Å². The number of benzene rings is 3. The van der Waals surface area contributed by atoms with Crippen molar-refractivity contribution >= 4 is 21.7 Å². The van der Waals surface area contributed by atoms with Gasteiger partial charge in [-0.25, -0.2) is 26.4 Å². The van der Waals surface area contributed by atoms with Crippen LogP contribution in [0.3, 0.4) is 0 Å². The number of likely N-dealkylation sites (tertiary alicyclic amines) is 1. The summed E-state index contributed by atoms with van der Waals surface area (Å²) < 4.78 is 73.1. The normalized spacial score (nSPS) is 14.5. The summed E-state index contributed by atoms with van der Waals surface area (Å²) in [5.74, 6) is -2.75. The van der Waals surface area contributed by atoms with Gasteiger partial charge in [-0.2, -0.15) is 0 Å². The van der Waals surface area contributed by atoms with Crippen molar-refractivity contribution in [1.82, 2.24) is 4.90 Å². The highest BCUT2D eigenvalue weighted by atomic mass is 32.2. The fourth-order valence-electron chi connectivity index (χ4n) is 4.25. The number of nitrogens with one attached hydrogen (secondary N) is 1. The van der Waals surface area contributed by atoms with Gasteiger partial charge in [0.2, 0.25) is 10.0 Å². The number of hydrogen-bond acceptors (Lipinski definition) is 5. The number of esters is 1. The molecule has 0 aromatic heterocycles. The molecule has 1 aliphatic heterocycles. The number of methoxy groups -OCH3 is 1. The van der Waals surface area contributed by atoms with Crippen LogP contribution in [0.5, 0.6) is 0 Å². The minimum atomic E-state index is -3.84. The van der Waals surface area contributed by atoms with E-state index < -0.39 is 21.8 Å². The van der Waals surface area contributed by atoms with Crippen LogP contribution in [0.4, 0.5) is 18.9 Å². The third-order valence-corrected chi connectivity index (χ3v) is 7.23. The molecule has 0 atom stereocenters. The monoisotopic (exact) mass is 504 g/mol. The second kappa shape index (κ2) is 10.1. The summed E-state index contributed by atoms with van der Waals surface area (Å²) >= 11 is 0. The van der Waals surface area contributed by atoms with Crippen molar-refractivity contribution in [3.05, 3.63) is 101 Å².